The van der Waals surface area contributed by atoms with E-state index in [1.807, 2.05) is 6.92 Å². The Morgan fingerprint density at radius 3 is 2.26 bits per heavy atom. The molecule has 0 radical (unpaired) electrons. The lowest BCUT2D eigenvalue weighted by Gasteiger charge is -2.26. The monoisotopic (exact) mass is 267 g/mol. The second-order valence-electron chi connectivity index (χ2n) is 6.69. The van der Waals surface area contributed by atoms with Crippen molar-refractivity contribution in [2.75, 3.05) is 20.1 Å². The molecule has 0 amide bonds. The molecule has 112 valence electrons. The highest BCUT2D eigenvalue weighted by Crippen LogP contribution is 2.14. The van der Waals surface area contributed by atoms with E-state index in [2.05, 4.69) is 51.0 Å². The summed E-state index contributed by atoms with van der Waals surface area (Å²) in [6.45, 7) is 13.0. The molecule has 0 aromatic heterocycles. The van der Waals surface area contributed by atoms with Gasteiger partial charge in [0.2, 0.25) is 0 Å². The number of nitrogens with one attached hydrogen (secondary N) is 1. The SMILES string of the molecule is CC(C)CCN(C)CCCCC(C)(C#N)NC(C)C. The maximum Gasteiger partial charge on any atom is 0.104 e. The van der Waals surface area contributed by atoms with Gasteiger partial charge in [0.25, 0.3) is 0 Å². The molecule has 0 bridgehead atoms. The third kappa shape index (κ3) is 9.92. The van der Waals surface area contributed by atoms with Crippen LogP contribution in [0.3, 0.4) is 0 Å². The van der Waals surface area contributed by atoms with E-state index in [9.17, 15) is 5.26 Å². The van der Waals surface area contributed by atoms with E-state index in [-0.39, 0.29) is 5.54 Å². The average molecular weight is 267 g/mol. The number of hydrogen-bond acceptors (Lipinski definition) is 3. The number of nitriles is 1. The van der Waals surface area contributed by atoms with Gasteiger partial charge in [0.15, 0.2) is 0 Å². The van der Waals surface area contributed by atoms with Crippen molar-refractivity contribution in [2.24, 2.45) is 5.92 Å². The maximum atomic E-state index is 9.27. The molecule has 0 aromatic rings. The largest absolute Gasteiger partial charge is 0.306 e. The molecule has 3 nitrogen and oxygen atoms in total. The smallest absolute Gasteiger partial charge is 0.104 e. The van der Waals surface area contributed by atoms with Crippen LogP contribution in [0.25, 0.3) is 0 Å². The van der Waals surface area contributed by atoms with Crippen molar-refractivity contribution in [1.82, 2.24) is 10.2 Å². The minimum Gasteiger partial charge on any atom is -0.306 e. The van der Waals surface area contributed by atoms with E-state index in [1.165, 1.54) is 19.4 Å². The summed E-state index contributed by atoms with van der Waals surface area (Å²) in [4.78, 5) is 2.40. The molecule has 0 saturated heterocycles. The molecule has 0 saturated carbocycles. The maximum absolute atomic E-state index is 9.27. The Balaban J connectivity index is 3.80. The lowest BCUT2D eigenvalue weighted by molar-refractivity contribution is 0.293. The molecule has 19 heavy (non-hydrogen) atoms. The highest BCUT2D eigenvalue weighted by atomic mass is 15.1. The highest BCUT2D eigenvalue weighted by Gasteiger charge is 2.23. The van der Waals surface area contributed by atoms with Gasteiger partial charge in [-0.15, -0.1) is 0 Å². The first-order chi connectivity index (χ1) is 8.79. The van der Waals surface area contributed by atoms with Crippen LogP contribution in [-0.2, 0) is 0 Å². The molecule has 0 heterocycles. The zero-order valence-corrected chi connectivity index (χ0v) is 13.8. The van der Waals surface area contributed by atoms with E-state index in [0.29, 0.717) is 6.04 Å². The fourth-order valence-electron chi connectivity index (χ4n) is 2.25. The van der Waals surface area contributed by atoms with E-state index in [1.54, 1.807) is 0 Å². The van der Waals surface area contributed by atoms with Gasteiger partial charge in [-0.05, 0) is 72.5 Å². The van der Waals surface area contributed by atoms with Crippen LogP contribution in [0, 0.1) is 17.2 Å². The number of unbranched alkanes of at least 4 members (excludes halogenated alkanes) is 1. The first kappa shape index (κ1) is 18.4. The van der Waals surface area contributed by atoms with Gasteiger partial charge in [0.05, 0.1) is 6.07 Å². The summed E-state index contributed by atoms with van der Waals surface area (Å²) in [5.41, 5.74) is -0.370. The van der Waals surface area contributed by atoms with Crippen molar-refractivity contribution in [3.8, 4) is 6.07 Å². The van der Waals surface area contributed by atoms with Crippen LogP contribution in [0.2, 0.25) is 0 Å². The molecule has 0 aromatic carbocycles. The normalized spacial score (nSPS) is 14.9. The molecular weight excluding hydrogens is 234 g/mol. The minimum absolute atomic E-state index is 0.360. The predicted molar refractivity (Wildman–Crippen MR) is 83.1 cm³/mol. The van der Waals surface area contributed by atoms with Crippen LogP contribution in [0.4, 0.5) is 0 Å². The Morgan fingerprint density at radius 2 is 1.79 bits per heavy atom. The summed E-state index contributed by atoms with van der Waals surface area (Å²) >= 11 is 0. The Kier molecular flexibility index (Phi) is 9.05. The molecule has 0 spiro atoms. The molecule has 1 atom stereocenters. The molecule has 0 aliphatic rings. The molecule has 1 N–H and O–H groups in total. The standard InChI is InChI=1S/C16H33N3/c1-14(2)9-12-19(6)11-8-7-10-16(5,13-17)18-15(3)4/h14-15,18H,7-12H2,1-6H3. The number of hydrogen-bond donors (Lipinski definition) is 1. The van der Waals surface area contributed by atoms with Crippen molar-refractivity contribution in [1.29, 1.82) is 5.26 Å². The molecular formula is C16H33N3. The summed E-state index contributed by atoms with van der Waals surface area (Å²) in [5, 5.41) is 12.6. The minimum atomic E-state index is -0.370. The Labute approximate surface area is 120 Å². The van der Waals surface area contributed by atoms with Gasteiger partial charge >= 0.3 is 0 Å². The topological polar surface area (TPSA) is 39.1 Å². The average Bonchev–Trinajstić information content (AvgIpc) is 2.31. The van der Waals surface area contributed by atoms with Crippen molar-refractivity contribution in [3.63, 3.8) is 0 Å². The third-order valence-corrected chi connectivity index (χ3v) is 3.41. The van der Waals surface area contributed by atoms with Crippen LogP contribution < -0.4 is 5.32 Å². The van der Waals surface area contributed by atoms with Gasteiger partial charge < -0.3 is 4.90 Å². The molecule has 0 aliphatic heterocycles. The summed E-state index contributed by atoms with van der Waals surface area (Å²) in [5.74, 6) is 0.777. The van der Waals surface area contributed by atoms with Crippen molar-refractivity contribution in [2.45, 2.75) is 71.9 Å². The Morgan fingerprint density at radius 1 is 1.16 bits per heavy atom. The summed E-state index contributed by atoms with van der Waals surface area (Å²) in [6, 6.07) is 2.77. The molecule has 1 unspecified atom stereocenters. The van der Waals surface area contributed by atoms with E-state index >= 15 is 0 Å². The van der Waals surface area contributed by atoms with Crippen LogP contribution in [0.5, 0.6) is 0 Å². The van der Waals surface area contributed by atoms with Gasteiger partial charge in [-0.25, -0.2) is 0 Å². The second kappa shape index (κ2) is 9.34. The van der Waals surface area contributed by atoms with Crippen molar-refractivity contribution >= 4 is 0 Å². The van der Waals surface area contributed by atoms with E-state index < -0.39 is 0 Å². The fourth-order valence-corrected chi connectivity index (χ4v) is 2.25. The van der Waals surface area contributed by atoms with Gasteiger partial charge in [-0.3, -0.25) is 5.32 Å². The highest BCUT2D eigenvalue weighted by molar-refractivity contribution is 5.04. The van der Waals surface area contributed by atoms with Crippen molar-refractivity contribution in [3.05, 3.63) is 0 Å². The lowest BCUT2D eigenvalue weighted by Crippen LogP contribution is -2.44. The first-order valence-electron chi connectivity index (χ1n) is 7.66. The third-order valence-electron chi connectivity index (χ3n) is 3.41. The fraction of sp³-hybridized carbons (Fsp3) is 0.938. The van der Waals surface area contributed by atoms with Crippen LogP contribution in [0.1, 0.15) is 60.3 Å². The van der Waals surface area contributed by atoms with Gasteiger partial charge in [-0.1, -0.05) is 13.8 Å². The van der Waals surface area contributed by atoms with Gasteiger partial charge in [-0.2, -0.15) is 5.26 Å². The zero-order chi connectivity index (χ0) is 14.9. The number of rotatable bonds is 10. The van der Waals surface area contributed by atoms with Crippen LogP contribution in [0.15, 0.2) is 0 Å². The Hall–Kier alpha value is -0.590. The second-order valence-corrected chi connectivity index (χ2v) is 6.69. The lowest BCUT2D eigenvalue weighted by atomic mass is 9.95. The van der Waals surface area contributed by atoms with Crippen LogP contribution in [-0.4, -0.2) is 36.6 Å². The molecule has 0 rings (SSSR count). The number of nitrogens with zero attached hydrogens (tertiary/aromatic N) is 2. The molecule has 3 heteroatoms. The quantitative estimate of drug-likeness (QED) is 0.616. The van der Waals surface area contributed by atoms with E-state index in [4.69, 9.17) is 0 Å². The predicted octanol–water partition coefficient (Wildman–Crippen LogP) is 3.41. The first-order valence-corrected chi connectivity index (χ1v) is 7.66. The zero-order valence-electron chi connectivity index (χ0n) is 13.8. The summed E-state index contributed by atoms with van der Waals surface area (Å²) in [6.07, 6.45) is 4.47. The summed E-state index contributed by atoms with van der Waals surface area (Å²) in [7, 11) is 2.19. The van der Waals surface area contributed by atoms with Crippen molar-refractivity contribution < 1.29 is 0 Å². The van der Waals surface area contributed by atoms with Gasteiger partial charge in [0.1, 0.15) is 5.54 Å². The Bertz CT molecular complexity index is 268. The molecule has 0 fully saturated rings. The molecule has 0 aliphatic carbocycles. The van der Waals surface area contributed by atoms with Crippen LogP contribution >= 0.6 is 0 Å². The van der Waals surface area contributed by atoms with E-state index in [0.717, 1.165) is 25.3 Å². The summed E-state index contributed by atoms with van der Waals surface area (Å²) < 4.78 is 0. The van der Waals surface area contributed by atoms with Gasteiger partial charge in [0, 0.05) is 6.04 Å².